The molecule has 1 aliphatic rings. The van der Waals surface area contributed by atoms with Gasteiger partial charge in [0.2, 0.25) is 0 Å². The van der Waals surface area contributed by atoms with E-state index in [1.807, 2.05) is 31.7 Å². The van der Waals surface area contributed by atoms with E-state index >= 15 is 0 Å². The summed E-state index contributed by atoms with van der Waals surface area (Å²) in [5, 5.41) is 3.01. The Kier molecular flexibility index (Phi) is 7.39. The maximum absolute atomic E-state index is 12.6. The van der Waals surface area contributed by atoms with Crippen molar-refractivity contribution in [2.75, 3.05) is 46.3 Å². The standard InChI is InChI=1S/C21H34N4O2/c1-17-8-6-7-9-18(17)14-23(5)16-20(27)25-12-10-24(11-13-25)15-19(26)22-21(2,3)4/h6-9H,10-16H2,1-5H3,(H,22,26)/p+2. The van der Waals surface area contributed by atoms with E-state index in [2.05, 4.69) is 37.5 Å². The largest absolute Gasteiger partial charge is 0.347 e. The van der Waals surface area contributed by atoms with Crippen LogP contribution in [-0.2, 0) is 16.1 Å². The second kappa shape index (κ2) is 9.33. The molecular weight excluding hydrogens is 340 g/mol. The van der Waals surface area contributed by atoms with Crippen LogP contribution in [0.4, 0.5) is 0 Å². The van der Waals surface area contributed by atoms with Crippen molar-refractivity contribution in [1.82, 2.24) is 10.2 Å². The van der Waals surface area contributed by atoms with Crippen LogP contribution in [0, 0.1) is 6.92 Å². The molecule has 1 saturated heterocycles. The highest BCUT2D eigenvalue weighted by Crippen LogP contribution is 2.04. The molecule has 2 rings (SSSR count). The van der Waals surface area contributed by atoms with Crippen molar-refractivity contribution >= 4 is 11.8 Å². The summed E-state index contributed by atoms with van der Waals surface area (Å²) in [4.78, 5) is 29.1. The van der Waals surface area contributed by atoms with Crippen LogP contribution in [-0.4, -0.2) is 68.6 Å². The lowest BCUT2D eigenvalue weighted by atomic mass is 10.1. The molecule has 0 saturated carbocycles. The van der Waals surface area contributed by atoms with E-state index in [0.717, 1.165) is 32.7 Å². The molecule has 1 aliphatic heterocycles. The Balaban J connectivity index is 1.74. The van der Waals surface area contributed by atoms with E-state index in [1.54, 1.807) is 0 Å². The first-order valence-electron chi connectivity index (χ1n) is 9.92. The first-order valence-corrected chi connectivity index (χ1v) is 9.92. The first-order chi connectivity index (χ1) is 12.6. The van der Waals surface area contributed by atoms with Crippen LogP contribution < -0.4 is 15.1 Å². The Morgan fingerprint density at radius 1 is 1.19 bits per heavy atom. The van der Waals surface area contributed by atoms with E-state index in [4.69, 9.17) is 0 Å². The zero-order chi connectivity index (χ0) is 20.0. The fraction of sp³-hybridized carbons (Fsp3) is 0.619. The number of hydrogen-bond acceptors (Lipinski definition) is 2. The van der Waals surface area contributed by atoms with E-state index in [9.17, 15) is 9.59 Å². The minimum Gasteiger partial charge on any atom is -0.347 e. The average molecular weight is 377 g/mol. The molecule has 1 atom stereocenters. The number of carbonyl (C=O) groups excluding carboxylic acids is 2. The number of quaternary nitrogens is 2. The van der Waals surface area contributed by atoms with Gasteiger partial charge in [-0.1, -0.05) is 24.3 Å². The molecule has 27 heavy (non-hydrogen) atoms. The Morgan fingerprint density at radius 3 is 2.41 bits per heavy atom. The van der Waals surface area contributed by atoms with E-state index in [-0.39, 0.29) is 17.4 Å². The van der Waals surface area contributed by atoms with Gasteiger partial charge in [-0.05, 0) is 33.3 Å². The summed E-state index contributed by atoms with van der Waals surface area (Å²) in [6.07, 6.45) is 0. The van der Waals surface area contributed by atoms with Crippen molar-refractivity contribution < 1.29 is 19.4 Å². The molecule has 6 heteroatoms. The predicted octanol–water partition coefficient (Wildman–Crippen LogP) is -1.35. The molecule has 150 valence electrons. The van der Waals surface area contributed by atoms with Crippen molar-refractivity contribution in [2.24, 2.45) is 0 Å². The van der Waals surface area contributed by atoms with Crippen molar-refractivity contribution in [3.8, 4) is 0 Å². The zero-order valence-corrected chi connectivity index (χ0v) is 17.5. The van der Waals surface area contributed by atoms with Crippen LogP contribution in [0.25, 0.3) is 0 Å². The molecule has 1 aromatic rings. The Morgan fingerprint density at radius 2 is 1.81 bits per heavy atom. The Bertz CT molecular complexity index is 646. The molecule has 1 unspecified atom stereocenters. The summed E-state index contributed by atoms with van der Waals surface area (Å²) in [6.45, 7) is 13.1. The van der Waals surface area contributed by atoms with Gasteiger partial charge in [0.25, 0.3) is 11.8 Å². The molecule has 0 bridgehead atoms. The van der Waals surface area contributed by atoms with Crippen LogP contribution in [0.5, 0.6) is 0 Å². The number of nitrogens with one attached hydrogen (secondary N) is 3. The summed E-state index contributed by atoms with van der Waals surface area (Å²) in [6, 6.07) is 8.34. The SMILES string of the molecule is Cc1ccccc1C[NH+](C)CC(=O)N1CC[NH+](CC(=O)NC(C)(C)C)CC1. The van der Waals surface area contributed by atoms with Gasteiger partial charge < -0.3 is 20.0 Å². The number of benzene rings is 1. The lowest BCUT2D eigenvalue weighted by Crippen LogP contribution is -3.16. The number of nitrogens with zero attached hydrogens (tertiary/aromatic N) is 1. The summed E-state index contributed by atoms with van der Waals surface area (Å²) in [7, 11) is 2.07. The number of hydrogen-bond donors (Lipinski definition) is 3. The van der Waals surface area contributed by atoms with Gasteiger partial charge in [0.1, 0.15) is 6.54 Å². The lowest BCUT2D eigenvalue weighted by Gasteiger charge is -2.32. The molecule has 0 spiro atoms. The maximum Gasteiger partial charge on any atom is 0.278 e. The summed E-state index contributed by atoms with van der Waals surface area (Å²) in [5.74, 6) is 0.291. The summed E-state index contributed by atoms with van der Waals surface area (Å²) in [5.41, 5.74) is 2.37. The minimum atomic E-state index is -0.196. The van der Waals surface area contributed by atoms with Gasteiger partial charge in [-0.2, -0.15) is 0 Å². The fourth-order valence-corrected chi connectivity index (χ4v) is 3.50. The highest BCUT2D eigenvalue weighted by atomic mass is 16.2. The van der Waals surface area contributed by atoms with Crippen LogP contribution in [0.3, 0.4) is 0 Å². The number of aryl methyl sites for hydroxylation is 1. The van der Waals surface area contributed by atoms with Gasteiger partial charge in [0.05, 0.1) is 33.2 Å². The number of piperazine rings is 1. The van der Waals surface area contributed by atoms with Gasteiger partial charge in [0, 0.05) is 11.1 Å². The summed E-state index contributed by atoms with van der Waals surface area (Å²) >= 11 is 0. The smallest absolute Gasteiger partial charge is 0.278 e. The molecule has 6 nitrogen and oxygen atoms in total. The van der Waals surface area contributed by atoms with Crippen molar-refractivity contribution in [3.05, 3.63) is 35.4 Å². The van der Waals surface area contributed by atoms with Gasteiger partial charge in [-0.3, -0.25) is 9.59 Å². The lowest BCUT2D eigenvalue weighted by molar-refractivity contribution is -0.897. The Labute approximate surface area is 163 Å². The van der Waals surface area contributed by atoms with Crippen LogP contribution in [0.15, 0.2) is 24.3 Å². The van der Waals surface area contributed by atoms with E-state index in [0.29, 0.717) is 13.1 Å². The van der Waals surface area contributed by atoms with Crippen LogP contribution in [0.2, 0.25) is 0 Å². The van der Waals surface area contributed by atoms with Gasteiger partial charge in [-0.15, -0.1) is 0 Å². The van der Waals surface area contributed by atoms with Crippen LogP contribution >= 0.6 is 0 Å². The predicted molar refractivity (Wildman–Crippen MR) is 107 cm³/mol. The highest BCUT2D eigenvalue weighted by molar-refractivity contribution is 5.78. The van der Waals surface area contributed by atoms with Crippen molar-refractivity contribution in [1.29, 1.82) is 0 Å². The molecule has 3 N–H and O–H groups in total. The average Bonchev–Trinajstić information content (AvgIpc) is 2.55. The first kappa shape index (κ1) is 21.4. The van der Waals surface area contributed by atoms with E-state index < -0.39 is 0 Å². The highest BCUT2D eigenvalue weighted by Gasteiger charge is 2.27. The fourth-order valence-electron chi connectivity index (χ4n) is 3.50. The monoisotopic (exact) mass is 376 g/mol. The third-order valence-corrected chi connectivity index (χ3v) is 4.95. The molecular formula is C21H36N4O2+2. The minimum absolute atomic E-state index is 0.0830. The molecule has 0 aliphatic carbocycles. The quantitative estimate of drug-likeness (QED) is 0.575. The van der Waals surface area contributed by atoms with Crippen molar-refractivity contribution in [3.63, 3.8) is 0 Å². The molecule has 1 fully saturated rings. The Hall–Kier alpha value is -1.92. The van der Waals surface area contributed by atoms with Gasteiger partial charge in [-0.25, -0.2) is 0 Å². The van der Waals surface area contributed by atoms with Gasteiger partial charge in [0.15, 0.2) is 13.1 Å². The van der Waals surface area contributed by atoms with Gasteiger partial charge >= 0.3 is 0 Å². The molecule has 1 heterocycles. The zero-order valence-electron chi connectivity index (χ0n) is 17.5. The topological polar surface area (TPSA) is 58.3 Å². The third-order valence-electron chi connectivity index (χ3n) is 4.95. The third kappa shape index (κ3) is 7.31. The molecule has 2 amide bonds. The van der Waals surface area contributed by atoms with E-state index in [1.165, 1.54) is 20.9 Å². The van der Waals surface area contributed by atoms with Crippen molar-refractivity contribution in [2.45, 2.75) is 39.8 Å². The second-order valence-electron chi connectivity index (χ2n) is 8.84. The molecule has 0 aromatic heterocycles. The molecule has 1 aromatic carbocycles. The number of rotatable bonds is 6. The number of carbonyl (C=O) groups is 2. The molecule has 0 radical (unpaired) electrons. The number of likely N-dealkylation sites (N-methyl/N-ethyl adjacent to an activating group) is 1. The maximum atomic E-state index is 12.6. The number of amides is 2. The normalized spacial score (nSPS) is 16.9. The second-order valence-corrected chi connectivity index (χ2v) is 8.84. The summed E-state index contributed by atoms with van der Waals surface area (Å²) < 4.78 is 0. The van der Waals surface area contributed by atoms with Crippen LogP contribution in [0.1, 0.15) is 31.9 Å².